The fraction of sp³-hybridized carbons (Fsp3) is 0.429. The van der Waals surface area contributed by atoms with E-state index < -0.39 is 58.9 Å². The van der Waals surface area contributed by atoms with Gasteiger partial charge in [-0.15, -0.1) is 0 Å². The Labute approximate surface area is 185 Å². The zero-order valence-corrected chi connectivity index (χ0v) is 17.8. The standard InChI is InChI=1S/C21H21F5N2O5/c1-9-14(11-5-6-12(22)15(23)16(11)31-3)17(33-20(9,2)21(24,25)26)19(30)28-8-10-4-7-13(32-10)18(27)29/h4-7,9,14,17H,8H2,1-3H3,(H2,27,29)(H,28,30)/t9-,14-,17+,20+/m0/s1. The molecule has 3 rings (SSSR count). The van der Waals surface area contributed by atoms with E-state index in [1.807, 2.05) is 0 Å². The van der Waals surface area contributed by atoms with Gasteiger partial charge in [0.15, 0.2) is 22.9 Å². The van der Waals surface area contributed by atoms with Crippen molar-refractivity contribution >= 4 is 11.8 Å². The Balaban J connectivity index is 1.97. The van der Waals surface area contributed by atoms with Crippen LogP contribution in [0.1, 0.15) is 41.6 Å². The third-order valence-electron chi connectivity index (χ3n) is 5.91. The molecular weight excluding hydrogens is 455 g/mol. The van der Waals surface area contributed by atoms with E-state index in [0.717, 1.165) is 26.2 Å². The number of hydrogen-bond donors (Lipinski definition) is 2. The summed E-state index contributed by atoms with van der Waals surface area (Å²) in [6, 6.07) is 4.43. The highest BCUT2D eigenvalue weighted by Crippen LogP contribution is 2.54. The lowest BCUT2D eigenvalue weighted by molar-refractivity contribution is -0.272. The van der Waals surface area contributed by atoms with Crippen LogP contribution in [0.5, 0.6) is 5.75 Å². The number of nitrogens with two attached hydrogens (primary N) is 1. The Morgan fingerprint density at radius 2 is 1.88 bits per heavy atom. The number of ether oxygens (including phenoxy) is 2. The summed E-state index contributed by atoms with van der Waals surface area (Å²) in [6.07, 6.45) is -6.60. The molecule has 33 heavy (non-hydrogen) atoms. The first kappa shape index (κ1) is 24.5. The molecule has 0 bridgehead atoms. The van der Waals surface area contributed by atoms with Crippen LogP contribution in [0.15, 0.2) is 28.7 Å². The second kappa shape index (κ2) is 8.65. The van der Waals surface area contributed by atoms with E-state index in [9.17, 15) is 31.5 Å². The second-order valence-electron chi connectivity index (χ2n) is 7.79. The van der Waals surface area contributed by atoms with Gasteiger partial charge in [0.2, 0.25) is 11.7 Å². The lowest BCUT2D eigenvalue weighted by atomic mass is 9.77. The first-order valence-electron chi connectivity index (χ1n) is 9.74. The SMILES string of the molecule is COc1c([C@H]2[C@H](C(=O)NCc3ccc(C(N)=O)o3)O[C@@](C)(C(F)(F)F)[C@H]2C)ccc(F)c1F. The largest absolute Gasteiger partial charge is 0.493 e. The fourth-order valence-electron chi connectivity index (χ4n) is 3.92. The number of carbonyl (C=O) groups excluding carboxylic acids is 2. The minimum Gasteiger partial charge on any atom is -0.493 e. The predicted octanol–water partition coefficient (Wildman–Crippen LogP) is 3.42. The highest BCUT2D eigenvalue weighted by atomic mass is 19.4. The van der Waals surface area contributed by atoms with Crippen LogP contribution < -0.4 is 15.8 Å². The maximum absolute atomic E-state index is 14.3. The van der Waals surface area contributed by atoms with Crippen molar-refractivity contribution in [2.75, 3.05) is 7.11 Å². The number of furan rings is 1. The molecule has 1 aromatic heterocycles. The molecule has 1 fully saturated rings. The summed E-state index contributed by atoms with van der Waals surface area (Å²) in [5.41, 5.74) is 2.17. The second-order valence-corrected chi connectivity index (χ2v) is 7.79. The molecule has 3 N–H and O–H groups in total. The summed E-state index contributed by atoms with van der Waals surface area (Å²) in [6.45, 7) is 1.71. The van der Waals surface area contributed by atoms with Gasteiger partial charge in [0, 0.05) is 17.4 Å². The maximum Gasteiger partial charge on any atom is 0.417 e. The van der Waals surface area contributed by atoms with Crippen LogP contribution in [-0.4, -0.2) is 36.8 Å². The molecule has 0 radical (unpaired) electrons. The highest BCUT2D eigenvalue weighted by molar-refractivity contribution is 5.89. The summed E-state index contributed by atoms with van der Waals surface area (Å²) in [4.78, 5) is 24.0. The van der Waals surface area contributed by atoms with Gasteiger partial charge >= 0.3 is 6.18 Å². The molecule has 0 unspecified atom stereocenters. The Hall–Kier alpha value is -3.15. The van der Waals surface area contributed by atoms with Crippen molar-refractivity contribution in [3.05, 3.63) is 53.0 Å². The average molecular weight is 476 g/mol. The number of methoxy groups -OCH3 is 1. The number of nitrogens with one attached hydrogen (secondary N) is 1. The van der Waals surface area contributed by atoms with Crippen molar-refractivity contribution in [1.29, 1.82) is 0 Å². The molecule has 0 aliphatic carbocycles. The number of rotatable bonds is 6. The van der Waals surface area contributed by atoms with E-state index in [1.165, 1.54) is 19.1 Å². The molecule has 2 aromatic rings. The normalized spacial score (nSPS) is 25.2. The Morgan fingerprint density at radius 3 is 2.42 bits per heavy atom. The number of carbonyl (C=O) groups is 2. The van der Waals surface area contributed by atoms with Crippen LogP contribution in [-0.2, 0) is 16.1 Å². The molecule has 0 spiro atoms. The van der Waals surface area contributed by atoms with Gasteiger partial charge in [0.25, 0.3) is 5.91 Å². The first-order chi connectivity index (χ1) is 15.3. The van der Waals surface area contributed by atoms with Crippen molar-refractivity contribution in [3.8, 4) is 5.75 Å². The maximum atomic E-state index is 14.3. The van der Waals surface area contributed by atoms with Gasteiger partial charge in [-0.3, -0.25) is 9.59 Å². The first-order valence-corrected chi connectivity index (χ1v) is 9.74. The van der Waals surface area contributed by atoms with Crippen molar-refractivity contribution in [3.63, 3.8) is 0 Å². The van der Waals surface area contributed by atoms with Crippen molar-refractivity contribution in [2.45, 2.75) is 44.2 Å². The molecule has 1 aromatic carbocycles. The molecule has 0 saturated carbocycles. The molecule has 7 nitrogen and oxygen atoms in total. The molecule has 1 aliphatic rings. The van der Waals surface area contributed by atoms with Gasteiger partial charge in [-0.25, -0.2) is 4.39 Å². The molecule has 1 saturated heterocycles. The number of amides is 2. The van der Waals surface area contributed by atoms with Crippen LogP contribution in [0, 0.1) is 17.6 Å². The van der Waals surface area contributed by atoms with Crippen molar-refractivity contribution in [1.82, 2.24) is 5.32 Å². The minimum atomic E-state index is -4.87. The van der Waals surface area contributed by atoms with E-state index in [1.54, 1.807) is 0 Å². The number of benzene rings is 1. The number of primary amides is 1. The highest BCUT2D eigenvalue weighted by Gasteiger charge is 2.65. The fourth-order valence-corrected chi connectivity index (χ4v) is 3.92. The van der Waals surface area contributed by atoms with Gasteiger partial charge in [-0.1, -0.05) is 13.0 Å². The monoisotopic (exact) mass is 476 g/mol. The number of halogens is 5. The zero-order valence-electron chi connectivity index (χ0n) is 17.8. The van der Waals surface area contributed by atoms with E-state index >= 15 is 0 Å². The smallest absolute Gasteiger partial charge is 0.417 e. The van der Waals surface area contributed by atoms with Gasteiger partial charge < -0.3 is 24.9 Å². The van der Waals surface area contributed by atoms with E-state index in [0.29, 0.717) is 0 Å². The summed E-state index contributed by atoms with van der Waals surface area (Å²) >= 11 is 0. The summed E-state index contributed by atoms with van der Waals surface area (Å²) in [7, 11) is 1.03. The quantitative estimate of drug-likeness (QED) is 0.622. The van der Waals surface area contributed by atoms with Crippen LogP contribution in [0.2, 0.25) is 0 Å². The molecular formula is C21H21F5N2O5. The minimum absolute atomic E-state index is 0.115. The number of alkyl halides is 3. The van der Waals surface area contributed by atoms with E-state index in [2.05, 4.69) is 5.32 Å². The summed E-state index contributed by atoms with van der Waals surface area (Å²) in [5.74, 6) is -7.83. The van der Waals surface area contributed by atoms with E-state index in [-0.39, 0.29) is 23.6 Å². The topological polar surface area (TPSA) is 104 Å². The molecule has 2 amide bonds. The third-order valence-corrected chi connectivity index (χ3v) is 5.91. The lowest BCUT2D eigenvalue weighted by Crippen LogP contribution is -2.47. The Morgan fingerprint density at radius 1 is 1.21 bits per heavy atom. The molecule has 4 atom stereocenters. The third kappa shape index (κ3) is 4.26. The Bertz CT molecular complexity index is 1070. The lowest BCUT2D eigenvalue weighted by Gasteiger charge is -2.32. The number of hydrogen-bond acceptors (Lipinski definition) is 5. The van der Waals surface area contributed by atoms with Crippen LogP contribution in [0.25, 0.3) is 0 Å². The summed E-state index contributed by atoms with van der Waals surface area (Å²) < 4.78 is 85.0. The van der Waals surface area contributed by atoms with E-state index in [4.69, 9.17) is 19.6 Å². The van der Waals surface area contributed by atoms with Crippen LogP contribution in [0.4, 0.5) is 22.0 Å². The Kier molecular flexibility index (Phi) is 6.42. The predicted molar refractivity (Wildman–Crippen MR) is 103 cm³/mol. The van der Waals surface area contributed by atoms with Gasteiger partial charge in [0.05, 0.1) is 13.7 Å². The van der Waals surface area contributed by atoms with Crippen molar-refractivity contribution < 1.29 is 45.4 Å². The molecule has 180 valence electrons. The average Bonchev–Trinajstić information content (AvgIpc) is 3.32. The van der Waals surface area contributed by atoms with Crippen molar-refractivity contribution in [2.24, 2.45) is 11.7 Å². The van der Waals surface area contributed by atoms with Gasteiger partial charge in [-0.05, 0) is 25.1 Å². The molecule has 2 heterocycles. The summed E-state index contributed by atoms with van der Waals surface area (Å²) in [5, 5.41) is 2.38. The zero-order chi connectivity index (χ0) is 24.7. The van der Waals surface area contributed by atoms with Gasteiger partial charge in [-0.2, -0.15) is 17.6 Å². The van der Waals surface area contributed by atoms with Crippen LogP contribution in [0.3, 0.4) is 0 Å². The molecule has 12 heteroatoms. The van der Waals surface area contributed by atoms with Gasteiger partial charge in [0.1, 0.15) is 11.9 Å². The van der Waals surface area contributed by atoms with Crippen LogP contribution >= 0.6 is 0 Å². The molecule has 1 aliphatic heterocycles.